The van der Waals surface area contributed by atoms with E-state index in [9.17, 15) is 0 Å². The fourth-order valence-electron chi connectivity index (χ4n) is 4.56. The van der Waals surface area contributed by atoms with Crippen LogP contribution in [0.15, 0.2) is 48.7 Å². The minimum atomic E-state index is 0.601. The van der Waals surface area contributed by atoms with Crippen molar-refractivity contribution in [3.63, 3.8) is 0 Å². The Morgan fingerprint density at radius 1 is 1.10 bits per heavy atom. The number of ether oxygens (including phenoxy) is 2. The maximum absolute atomic E-state index is 5.45. The molecular weight excluding hydrogens is 374 g/mol. The van der Waals surface area contributed by atoms with Crippen molar-refractivity contribution < 1.29 is 9.47 Å². The number of rotatable bonds is 8. The summed E-state index contributed by atoms with van der Waals surface area (Å²) in [6.45, 7) is 4.37. The van der Waals surface area contributed by atoms with Crippen molar-refractivity contribution in [2.75, 3.05) is 40.9 Å². The first-order valence-corrected chi connectivity index (χ1v) is 10.9. The first-order chi connectivity index (χ1) is 14.7. The lowest BCUT2D eigenvalue weighted by molar-refractivity contribution is 0.112. The number of methoxy groups -OCH3 is 2. The lowest BCUT2D eigenvalue weighted by Crippen LogP contribution is -2.46. The molecule has 1 aliphatic heterocycles. The summed E-state index contributed by atoms with van der Waals surface area (Å²) in [7, 11) is 5.63. The number of aromatic nitrogens is 1. The maximum Gasteiger partial charge on any atom is 0.160 e. The molecule has 1 unspecified atom stereocenters. The number of hydrogen-bond acceptors (Lipinski definition) is 4. The fraction of sp³-hybridized carbons (Fsp3) is 0.440. The van der Waals surface area contributed by atoms with Crippen LogP contribution < -0.4 is 9.47 Å². The molecule has 3 aromatic rings. The van der Waals surface area contributed by atoms with Crippen molar-refractivity contribution in [3.05, 3.63) is 59.8 Å². The molecule has 1 saturated heterocycles. The highest BCUT2D eigenvalue weighted by Crippen LogP contribution is 2.28. The summed E-state index contributed by atoms with van der Waals surface area (Å²) in [6.07, 6.45) is 5.71. The molecule has 160 valence electrons. The summed E-state index contributed by atoms with van der Waals surface area (Å²) in [4.78, 5) is 8.55. The van der Waals surface area contributed by atoms with Crippen LogP contribution in [0.25, 0.3) is 10.9 Å². The van der Waals surface area contributed by atoms with Gasteiger partial charge in [0, 0.05) is 42.8 Å². The summed E-state index contributed by atoms with van der Waals surface area (Å²) in [5, 5.41) is 1.35. The van der Waals surface area contributed by atoms with E-state index in [2.05, 4.69) is 64.4 Å². The molecule has 0 amide bonds. The van der Waals surface area contributed by atoms with E-state index >= 15 is 0 Å². The van der Waals surface area contributed by atoms with Gasteiger partial charge in [-0.25, -0.2) is 0 Å². The summed E-state index contributed by atoms with van der Waals surface area (Å²) in [5.41, 5.74) is 3.92. The van der Waals surface area contributed by atoms with Gasteiger partial charge in [-0.1, -0.05) is 24.3 Å². The van der Waals surface area contributed by atoms with Gasteiger partial charge in [-0.05, 0) is 62.2 Å². The van der Waals surface area contributed by atoms with Gasteiger partial charge in [-0.2, -0.15) is 0 Å². The highest BCUT2D eigenvalue weighted by atomic mass is 16.5. The molecule has 2 heterocycles. The number of nitrogens with zero attached hydrogens (tertiary/aromatic N) is 2. The molecule has 5 heteroatoms. The quantitative estimate of drug-likeness (QED) is 0.604. The lowest BCUT2D eigenvalue weighted by atomic mass is 10.0. The Morgan fingerprint density at radius 3 is 2.77 bits per heavy atom. The molecule has 0 spiro atoms. The molecule has 30 heavy (non-hydrogen) atoms. The minimum Gasteiger partial charge on any atom is -0.493 e. The van der Waals surface area contributed by atoms with Gasteiger partial charge in [0.15, 0.2) is 11.5 Å². The third kappa shape index (κ3) is 4.63. The number of piperidine rings is 1. The maximum atomic E-state index is 5.45. The average Bonchev–Trinajstić information content (AvgIpc) is 3.20. The number of aromatic amines is 1. The highest BCUT2D eigenvalue weighted by Gasteiger charge is 2.23. The van der Waals surface area contributed by atoms with Crippen LogP contribution in [0.2, 0.25) is 0 Å². The standard InChI is InChI=1S/C25H33N3O2/c1-27(14-12-19-10-11-24(29-2)25(15-19)30-3)21-7-6-13-28(18-21)17-20-16-26-23-9-5-4-8-22(20)23/h4-5,8-11,15-16,21,26H,6-7,12-14,17-18H2,1-3H3. The SMILES string of the molecule is COc1ccc(CCN(C)C2CCCN(Cc3c[nH]c4ccccc34)C2)cc1OC. The Bertz CT molecular complexity index is 968. The monoisotopic (exact) mass is 407 g/mol. The van der Waals surface area contributed by atoms with Gasteiger partial charge in [0.25, 0.3) is 0 Å². The zero-order chi connectivity index (χ0) is 20.9. The molecule has 1 atom stereocenters. The average molecular weight is 408 g/mol. The van der Waals surface area contributed by atoms with E-state index < -0.39 is 0 Å². The van der Waals surface area contributed by atoms with Crippen LogP contribution >= 0.6 is 0 Å². The van der Waals surface area contributed by atoms with Crippen LogP contribution in [0.4, 0.5) is 0 Å². The van der Waals surface area contributed by atoms with Gasteiger partial charge < -0.3 is 19.4 Å². The largest absolute Gasteiger partial charge is 0.493 e. The van der Waals surface area contributed by atoms with Gasteiger partial charge in [-0.15, -0.1) is 0 Å². The van der Waals surface area contributed by atoms with Gasteiger partial charge >= 0.3 is 0 Å². The Morgan fingerprint density at radius 2 is 1.93 bits per heavy atom. The summed E-state index contributed by atoms with van der Waals surface area (Å²) in [6, 6.07) is 15.4. The second kappa shape index (κ2) is 9.54. The molecular formula is C25H33N3O2. The van der Waals surface area contributed by atoms with Gasteiger partial charge in [0.2, 0.25) is 0 Å². The number of hydrogen-bond donors (Lipinski definition) is 1. The molecule has 1 aliphatic rings. The smallest absolute Gasteiger partial charge is 0.160 e. The van der Waals surface area contributed by atoms with Crippen LogP contribution in [0.1, 0.15) is 24.0 Å². The van der Waals surface area contributed by atoms with Crippen molar-refractivity contribution in [3.8, 4) is 11.5 Å². The lowest BCUT2D eigenvalue weighted by Gasteiger charge is -2.37. The van der Waals surface area contributed by atoms with Crippen LogP contribution in [-0.4, -0.2) is 61.7 Å². The molecule has 4 rings (SSSR count). The Labute approximate surface area is 179 Å². The van der Waals surface area contributed by atoms with Crippen molar-refractivity contribution in [1.29, 1.82) is 0 Å². The van der Waals surface area contributed by atoms with Crippen molar-refractivity contribution in [2.24, 2.45) is 0 Å². The number of fused-ring (bicyclic) bond motifs is 1. The molecule has 0 radical (unpaired) electrons. The zero-order valence-corrected chi connectivity index (χ0v) is 18.4. The Hall–Kier alpha value is -2.50. The minimum absolute atomic E-state index is 0.601. The molecule has 1 aromatic heterocycles. The molecule has 5 nitrogen and oxygen atoms in total. The second-order valence-corrected chi connectivity index (χ2v) is 8.31. The van der Waals surface area contributed by atoms with E-state index in [1.807, 2.05) is 6.07 Å². The molecule has 0 saturated carbocycles. The van der Waals surface area contributed by atoms with Crippen LogP contribution in [0.3, 0.4) is 0 Å². The molecule has 0 aliphatic carbocycles. The van der Waals surface area contributed by atoms with Crippen molar-refractivity contribution in [2.45, 2.75) is 31.8 Å². The predicted octanol–water partition coefficient (Wildman–Crippen LogP) is 4.32. The molecule has 2 aromatic carbocycles. The summed E-state index contributed by atoms with van der Waals surface area (Å²) in [5.74, 6) is 1.59. The van der Waals surface area contributed by atoms with Gasteiger partial charge in [0.1, 0.15) is 0 Å². The zero-order valence-electron chi connectivity index (χ0n) is 18.4. The van der Waals surface area contributed by atoms with E-state index in [-0.39, 0.29) is 0 Å². The van der Waals surface area contributed by atoms with Crippen molar-refractivity contribution >= 4 is 10.9 Å². The van der Waals surface area contributed by atoms with Gasteiger partial charge in [0.05, 0.1) is 14.2 Å². The number of benzene rings is 2. The number of nitrogens with one attached hydrogen (secondary N) is 1. The summed E-state index contributed by atoms with van der Waals surface area (Å²) < 4.78 is 10.8. The number of H-pyrrole nitrogens is 1. The van der Waals surface area contributed by atoms with E-state index in [0.717, 1.165) is 37.6 Å². The Kier molecular flexibility index (Phi) is 6.60. The van der Waals surface area contributed by atoms with E-state index in [4.69, 9.17) is 9.47 Å². The fourth-order valence-corrected chi connectivity index (χ4v) is 4.56. The number of likely N-dealkylation sites (tertiary alicyclic amines) is 1. The van der Waals surface area contributed by atoms with E-state index in [1.54, 1.807) is 14.2 Å². The third-order valence-electron chi connectivity index (χ3n) is 6.37. The first-order valence-electron chi connectivity index (χ1n) is 10.9. The van der Waals surface area contributed by atoms with Crippen LogP contribution in [0, 0.1) is 0 Å². The summed E-state index contributed by atoms with van der Waals surface area (Å²) >= 11 is 0. The topological polar surface area (TPSA) is 40.7 Å². The van der Waals surface area contributed by atoms with Crippen LogP contribution in [0.5, 0.6) is 11.5 Å². The predicted molar refractivity (Wildman–Crippen MR) is 122 cm³/mol. The second-order valence-electron chi connectivity index (χ2n) is 8.31. The van der Waals surface area contributed by atoms with Crippen LogP contribution in [-0.2, 0) is 13.0 Å². The molecule has 1 N–H and O–H groups in total. The first kappa shape index (κ1) is 20.8. The molecule has 0 bridgehead atoms. The normalized spacial score (nSPS) is 17.5. The Balaban J connectivity index is 1.34. The molecule has 1 fully saturated rings. The van der Waals surface area contributed by atoms with Gasteiger partial charge in [-0.3, -0.25) is 4.90 Å². The number of likely N-dealkylation sites (N-methyl/N-ethyl adjacent to an activating group) is 1. The number of para-hydroxylation sites is 1. The third-order valence-corrected chi connectivity index (χ3v) is 6.37. The van der Waals surface area contributed by atoms with Crippen molar-refractivity contribution in [1.82, 2.24) is 14.8 Å². The van der Waals surface area contributed by atoms with E-state index in [0.29, 0.717) is 6.04 Å². The highest BCUT2D eigenvalue weighted by molar-refractivity contribution is 5.82. The van der Waals surface area contributed by atoms with E-state index in [1.165, 1.54) is 41.4 Å².